The number of para-hydroxylation sites is 2. The highest BCUT2D eigenvalue weighted by molar-refractivity contribution is 6.16. The number of fused-ring (bicyclic) bond motifs is 6. The lowest BCUT2D eigenvalue weighted by Crippen LogP contribution is -1.93. The molecule has 0 spiro atoms. The van der Waals surface area contributed by atoms with E-state index in [1.165, 1.54) is 82.4 Å². The van der Waals surface area contributed by atoms with Crippen LogP contribution in [0.15, 0.2) is 176 Å². The standard InChI is InChI=1S/C44H29N/c1-3-13-30(14-4-1)31-23-24-33-28-41(38-20-10-9-19-37(38)40(33)27-31)36-18-8-7-17-35(36)32-25-26-44-42(29-32)39-21-11-12-22-43(39)45(44)34-15-5-2-6-16-34/h1-29H. The summed E-state index contributed by atoms with van der Waals surface area (Å²) in [5.41, 5.74) is 11.1. The normalized spacial score (nSPS) is 11.6. The maximum Gasteiger partial charge on any atom is 0.0541 e. The molecule has 1 heterocycles. The Morgan fingerprint density at radius 3 is 1.71 bits per heavy atom. The van der Waals surface area contributed by atoms with Gasteiger partial charge in [-0.2, -0.15) is 0 Å². The Morgan fingerprint density at radius 1 is 0.289 bits per heavy atom. The summed E-state index contributed by atoms with van der Waals surface area (Å²) in [6.45, 7) is 0. The summed E-state index contributed by atoms with van der Waals surface area (Å²) in [7, 11) is 0. The van der Waals surface area contributed by atoms with E-state index >= 15 is 0 Å². The van der Waals surface area contributed by atoms with E-state index < -0.39 is 0 Å². The lowest BCUT2D eigenvalue weighted by atomic mass is 9.88. The van der Waals surface area contributed by atoms with E-state index in [-0.39, 0.29) is 0 Å². The van der Waals surface area contributed by atoms with Crippen LogP contribution in [0.4, 0.5) is 0 Å². The average molecular weight is 572 g/mol. The average Bonchev–Trinajstić information content (AvgIpc) is 3.45. The van der Waals surface area contributed by atoms with E-state index in [1.54, 1.807) is 0 Å². The molecule has 210 valence electrons. The van der Waals surface area contributed by atoms with Gasteiger partial charge in [-0.25, -0.2) is 0 Å². The summed E-state index contributed by atoms with van der Waals surface area (Å²) < 4.78 is 2.38. The van der Waals surface area contributed by atoms with E-state index in [0.717, 1.165) is 0 Å². The van der Waals surface area contributed by atoms with Gasteiger partial charge in [0.15, 0.2) is 0 Å². The van der Waals surface area contributed by atoms with E-state index in [4.69, 9.17) is 0 Å². The van der Waals surface area contributed by atoms with Gasteiger partial charge in [0, 0.05) is 16.5 Å². The molecule has 1 heteroatoms. The molecule has 0 atom stereocenters. The van der Waals surface area contributed by atoms with Crippen molar-refractivity contribution in [1.82, 2.24) is 4.57 Å². The summed E-state index contributed by atoms with van der Waals surface area (Å²) in [4.78, 5) is 0. The topological polar surface area (TPSA) is 4.93 Å². The predicted octanol–water partition coefficient (Wildman–Crippen LogP) is 12.1. The number of nitrogens with zero attached hydrogens (tertiary/aromatic N) is 1. The molecule has 45 heavy (non-hydrogen) atoms. The third-order valence-corrected chi connectivity index (χ3v) is 9.18. The van der Waals surface area contributed by atoms with Gasteiger partial charge in [-0.1, -0.05) is 133 Å². The van der Waals surface area contributed by atoms with Crippen LogP contribution in [0.5, 0.6) is 0 Å². The molecule has 0 radical (unpaired) electrons. The maximum atomic E-state index is 2.38. The number of aromatic nitrogens is 1. The molecule has 0 unspecified atom stereocenters. The summed E-state index contributed by atoms with van der Waals surface area (Å²) >= 11 is 0. The second-order valence-electron chi connectivity index (χ2n) is 11.7. The molecule has 0 N–H and O–H groups in total. The molecule has 9 aromatic rings. The number of rotatable bonds is 4. The van der Waals surface area contributed by atoms with E-state index in [2.05, 4.69) is 180 Å². The number of hydrogen-bond donors (Lipinski definition) is 0. The second-order valence-corrected chi connectivity index (χ2v) is 11.7. The van der Waals surface area contributed by atoms with Gasteiger partial charge in [-0.05, 0) is 97.4 Å². The van der Waals surface area contributed by atoms with Crippen LogP contribution < -0.4 is 0 Å². The Labute approximate surface area is 262 Å². The highest BCUT2D eigenvalue weighted by Gasteiger charge is 2.16. The van der Waals surface area contributed by atoms with Crippen LogP contribution in [0.1, 0.15) is 0 Å². The van der Waals surface area contributed by atoms with Crippen molar-refractivity contribution in [1.29, 1.82) is 0 Å². The fourth-order valence-corrected chi connectivity index (χ4v) is 7.10. The van der Waals surface area contributed by atoms with Gasteiger partial charge in [-0.3, -0.25) is 0 Å². The van der Waals surface area contributed by atoms with Gasteiger partial charge in [0.1, 0.15) is 0 Å². The zero-order valence-corrected chi connectivity index (χ0v) is 24.7. The van der Waals surface area contributed by atoms with E-state index in [0.29, 0.717) is 0 Å². The Hall–Kier alpha value is -5.92. The highest BCUT2D eigenvalue weighted by atomic mass is 15.0. The zero-order valence-electron chi connectivity index (χ0n) is 24.7. The smallest absolute Gasteiger partial charge is 0.0541 e. The molecular weight excluding hydrogens is 542 g/mol. The van der Waals surface area contributed by atoms with Crippen LogP contribution in [0.3, 0.4) is 0 Å². The van der Waals surface area contributed by atoms with Crippen molar-refractivity contribution in [2.24, 2.45) is 0 Å². The molecule has 0 saturated carbocycles. The Kier molecular flexibility index (Phi) is 5.89. The molecule has 0 fully saturated rings. The van der Waals surface area contributed by atoms with E-state index in [1.807, 2.05) is 0 Å². The van der Waals surface area contributed by atoms with Gasteiger partial charge in [0.2, 0.25) is 0 Å². The molecule has 9 rings (SSSR count). The summed E-state index contributed by atoms with van der Waals surface area (Å²) in [5, 5.41) is 7.60. The molecule has 1 aromatic heterocycles. The van der Waals surface area contributed by atoms with Crippen molar-refractivity contribution in [3.8, 4) is 39.1 Å². The SMILES string of the molecule is c1ccc(-c2ccc3cc(-c4ccccc4-c4ccc5c(c4)c4ccccc4n5-c4ccccc4)c4ccccc4c3c2)cc1. The van der Waals surface area contributed by atoms with Crippen molar-refractivity contribution in [3.63, 3.8) is 0 Å². The highest BCUT2D eigenvalue weighted by Crippen LogP contribution is 2.42. The minimum atomic E-state index is 1.18. The van der Waals surface area contributed by atoms with Crippen molar-refractivity contribution in [2.75, 3.05) is 0 Å². The first-order chi connectivity index (χ1) is 22.3. The van der Waals surface area contributed by atoms with E-state index in [9.17, 15) is 0 Å². The Bertz CT molecular complexity index is 2520. The zero-order chi connectivity index (χ0) is 29.7. The Balaban J connectivity index is 1.26. The van der Waals surface area contributed by atoms with Crippen LogP contribution in [-0.4, -0.2) is 4.57 Å². The summed E-state index contributed by atoms with van der Waals surface area (Å²) in [6.07, 6.45) is 0. The van der Waals surface area contributed by atoms with Gasteiger partial charge < -0.3 is 4.57 Å². The molecule has 0 aliphatic rings. The summed E-state index contributed by atoms with van der Waals surface area (Å²) in [5.74, 6) is 0. The monoisotopic (exact) mass is 571 g/mol. The van der Waals surface area contributed by atoms with Gasteiger partial charge in [0.05, 0.1) is 11.0 Å². The fraction of sp³-hybridized carbons (Fsp3) is 0. The molecule has 0 aliphatic carbocycles. The van der Waals surface area contributed by atoms with Crippen molar-refractivity contribution < 1.29 is 0 Å². The lowest BCUT2D eigenvalue weighted by molar-refractivity contribution is 1.18. The van der Waals surface area contributed by atoms with Crippen LogP contribution in [0.25, 0.3) is 82.4 Å². The molecule has 0 bridgehead atoms. The first-order valence-corrected chi connectivity index (χ1v) is 15.5. The maximum absolute atomic E-state index is 2.38. The molecular formula is C44H29N. The lowest BCUT2D eigenvalue weighted by Gasteiger charge is -2.16. The number of hydrogen-bond acceptors (Lipinski definition) is 0. The van der Waals surface area contributed by atoms with Crippen LogP contribution in [0.2, 0.25) is 0 Å². The van der Waals surface area contributed by atoms with Gasteiger partial charge in [0.25, 0.3) is 0 Å². The van der Waals surface area contributed by atoms with Crippen molar-refractivity contribution in [2.45, 2.75) is 0 Å². The third kappa shape index (κ3) is 4.17. The fourth-order valence-electron chi connectivity index (χ4n) is 7.10. The van der Waals surface area contributed by atoms with Gasteiger partial charge >= 0.3 is 0 Å². The molecule has 0 amide bonds. The predicted molar refractivity (Wildman–Crippen MR) is 192 cm³/mol. The first kappa shape index (κ1) is 25.6. The minimum absolute atomic E-state index is 1.18. The first-order valence-electron chi connectivity index (χ1n) is 15.5. The van der Waals surface area contributed by atoms with Crippen molar-refractivity contribution >= 4 is 43.4 Å². The largest absolute Gasteiger partial charge is 0.309 e. The molecule has 0 aliphatic heterocycles. The molecule has 0 saturated heterocycles. The second kappa shape index (κ2) is 10.4. The quantitative estimate of drug-likeness (QED) is 0.185. The minimum Gasteiger partial charge on any atom is -0.309 e. The van der Waals surface area contributed by atoms with Crippen LogP contribution in [0, 0.1) is 0 Å². The third-order valence-electron chi connectivity index (χ3n) is 9.18. The molecule has 8 aromatic carbocycles. The Morgan fingerprint density at radius 2 is 0.889 bits per heavy atom. The van der Waals surface area contributed by atoms with Crippen LogP contribution >= 0.6 is 0 Å². The van der Waals surface area contributed by atoms with Crippen molar-refractivity contribution in [3.05, 3.63) is 176 Å². The van der Waals surface area contributed by atoms with Gasteiger partial charge in [-0.15, -0.1) is 0 Å². The summed E-state index contributed by atoms with van der Waals surface area (Å²) in [6, 6.07) is 64.0. The molecule has 1 nitrogen and oxygen atoms in total. The van der Waals surface area contributed by atoms with Crippen LogP contribution in [-0.2, 0) is 0 Å². The number of benzene rings is 8.